The Labute approximate surface area is 113 Å². The lowest BCUT2D eigenvalue weighted by Crippen LogP contribution is -2.36. The van der Waals surface area contributed by atoms with Crippen molar-refractivity contribution in [1.29, 1.82) is 0 Å². The van der Waals surface area contributed by atoms with E-state index < -0.39 is 29.4 Å². The normalized spacial score (nSPS) is 13.2. The molecule has 1 aromatic rings. The first-order chi connectivity index (χ1) is 8.77. The van der Waals surface area contributed by atoms with Gasteiger partial charge in [0.1, 0.15) is 0 Å². The molecule has 7 heteroatoms. The van der Waals surface area contributed by atoms with Crippen molar-refractivity contribution < 1.29 is 18.0 Å². The van der Waals surface area contributed by atoms with E-state index in [-0.39, 0.29) is 5.02 Å². The Bertz CT molecular complexity index is 463. The number of halogens is 4. The Kier molecular flexibility index (Phi) is 5.20. The maximum Gasteiger partial charge on any atom is 0.418 e. The molecule has 0 heterocycles. The van der Waals surface area contributed by atoms with Gasteiger partial charge >= 0.3 is 6.18 Å². The van der Waals surface area contributed by atoms with Gasteiger partial charge in [0.2, 0.25) is 5.91 Å². The molecule has 0 aliphatic rings. The van der Waals surface area contributed by atoms with Crippen LogP contribution in [0, 0.1) is 0 Å². The second-order valence-corrected chi connectivity index (χ2v) is 4.45. The van der Waals surface area contributed by atoms with Gasteiger partial charge in [0, 0.05) is 0 Å². The van der Waals surface area contributed by atoms with E-state index in [1.54, 1.807) is 0 Å². The third kappa shape index (κ3) is 4.11. The van der Waals surface area contributed by atoms with E-state index in [2.05, 4.69) is 5.32 Å². The van der Waals surface area contributed by atoms with Gasteiger partial charge in [0.15, 0.2) is 0 Å². The Hall–Kier alpha value is -1.27. The molecule has 0 aromatic heterocycles. The molecule has 0 unspecified atom stereocenters. The van der Waals surface area contributed by atoms with Gasteiger partial charge in [-0.15, -0.1) is 0 Å². The Morgan fingerprint density at radius 2 is 2.11 bits per heavy atom. The number of amides is 1. The van der Waals surface area contributed by atoms with Crippen LogP contribution in [0.5, 0.6) is 0 Å². The van der Waals surface area contributed by atoms with E-state index in [1.165, 1.54) is 12.1 Å². The van der Waals surface area contributed by atoms with Crippen molar-refractivity contribution in [3.63, 3.8) is 0 Å². The van der Waals surface area contributed by atoms with Crippen LogP contribution in [0.2, 0.25) is 5.02 Å². The molecule has 1 atom stereocenters. The standard InChI is InChI=1S/C12H14ClF3N2O/c1-2-4-9(17)11(19)18-10-7(12(14,15)16)5-3-6-8(10)13/h3,5-6,9H,2,4,17H2,1H3,(H,18,19)/t9-/m1/s1. The third-order valence-electron chi connectivity index (χ3n) is 2.50. The summed E-state index contributed by atoms with van der Waals surface area (Å²) in [4.78, 5) is 11.7. The summed E-state index contributed by atoms with van der Waals surface area (Å²) >= 11 is 5.71. The number of benzene rings is 1. The Balaban J connectivity index is 3.04. The smallest absolute Gasteiger partial charge is 0.323 e. The molecule has 3 N–H and O–H groups in total. The van der Waals surface area contributed by atoms with E-state index >= 15 is 0 Å². The molecule has 0 bridgehead atoms. The fourth-order valence-electron chi connectivity index (χ4n) is 1.55. The molecule has 0 spiro atoms. The lowest BCUT2D eigenvalue weighted by molar-refractivity contribution is -0.137. The quantitative estimate of drug-likeness (QED) is 0.894. The lowest BCUT2D eigenvalue weighted by atomic mass is 10.1. The molecule has 0 aliphatic heterocycles. The number of rotatable bonds is 4. The van der Waals surface area contributed by atoms with Gasteiger partial charge in [-0.3, -0.25) is 4.79 Å². The Morgan fingerprint density at radius 1 is 1.47 bits per heavy atom. The minimum atomic E-state index is -4.59. The summed E-state index contributed by atoms with van der Waals surface area (Å²) in [7, 11) is 0. The van der Waals surface area contributed by atoms with Crippen LogP contribution in [0.3, 0.4) is 0 Å². The van der Waals surface area contributed by atoms with Crippen LogP contribution in [-0.4, -0.2) is 11.9 Å². The van der Waals surface area contributed by atoms with Crippen LogP contribution in [-0.2, 0) is 11.0 Å². The van der Waals surface area contributed by atoms with Crippen LogP contribution in [0.25, 0.3) is 0 Å². The van der Waals surface area contributed by atoms with Crippen LogP contribution < -0.4 is 11.1 Å². The number of carbonyl (C=O) groups excluding carboxylic acids is 1. The van der Waals surface area contributed by atoms with Crippen molar-refractivity contribution in [2.45, 2.75) is 32.0 Å². The van der Waals surface area contributed by atoms with Gasteiger partial charge < -0.3 is 11.1 Å². The average Bonchev–Trinajstić information content (AvgIpc) is 2.30. The second kappa shape index (κ2) is 6.25. The molecular formula is C12H14ClF3N2O. The molecule has 0 saturated heterocycles. The van der Waals surface area contributed by atoms with Gasteiger partial charge in [0.05, 0.1) is 22.3 Å². The topological polar surface area (TPSA) is 55.1 Å². The van der Waals surface area contributed by atoms with Gasteiger partial charge in [-0.1, -0.05) is 31.0 Å². The summed E-state index contributed by atoms with van der Waals surface area (Å²) in [5.74, 6) is -0.680. The molecule has 3 nitrogen and oxygen atoms in total. The minimum absolute atomic E-state index is 0.174. The minimum Gasteiger partial charge on any atom is -0.323 e. The predicted octanol–water partition coefficient (Wildman–Crippen LogP) is 3.42. The van der Waals surface area contributed by atoms with Crippen LogP contribution >= 0.6 is 11.6 Å². The summed E-state index contributed by atoms with van der Waals surface area (Å²) in [6.07, 6.45) is -3.55. The number of anilines is 1. The van der Waals surface area contributed by atoms with E-state index in [0.29, 0.717) is 12.8 Å². The maximum absolute atomic E-state index is 12.8. The van der Waals surface area contributed by atoms with Crippen LogP contribution in [0.4, 0.5) is 18.9 Å². The molecule has 0 fully saturated rings. The van der Waals surface area contributed by atoms with Crippen molar-refractivity contribution in [2.24, 2.45) is 5.73 Å². The highest BCUT2D eigenvalue weighted by atomic mass is 35.5. The fraction of sp³-hybridized carbons (Fsp3) is 0.417. The zero-order valence-corrected chi connectivity index (χ0v) is 11.0. The molecule has 0 saturated carbocycles. The summed E-state index contributed by atoms with van der Waals surface area (Å²) < 4.78 is 38.4. The van der Waals surface area contributed by atoms with Gasteiger partial charge in [-0.05, 0) is 18.6 Å². The molecule has 1 rings (SSSR count). The molecule has 1 aromatic carbocycles. The first kappa shape index (κ1) is 15.8. The average molecular weight is 295 g/mol. The molecule has 19 heavy (non-hydrogen) atoms. The van der Waals surface area contributed by atoms with Gasteiger partial charge in [-0.2, -0.15) is 13.2 Å². The number of carbonyl (C=O) groups is 1. The highest BCUT2D eigenvalue weighted by molar-refractivity contribution is 6.34. The predicted molar refractivity (Wildman–Crippen MR) is 68.0 cm³/mol. The number of nitrogens with one attached hydrogen (secondary N) is 1. The zero-order valence-electron chi connectivity index (χ0n) is 10.2. The molecule has 106 valence electrons. The number of para-hydroxylation sites is 1. The van der Waals surface area contributed by atoms with E-state index in [9.17, 15) is 18.0 Å². The summed E-state index contributed by atoms with van der Waals surface area (Å²) in [5, 5.41) is 1.98. The van der Waals surface area contributed by atoms with E-state index in [1.807, 2.05) is 6.92 Å². The highest BCUT2D eigenvalue weighted by Gasteiger charge is 2.35. The monoisotopic (exact) mass is 294 g/mol. The van der Waals surface area contributed by atoms with Crippen molar-refractivity contribution in [1.82, 2.24) is 0 Å². The van der Waals surface area contributed by atoms with E-state index in [4.69, 9.17) is 17.3 Å². The van der Waals surface area contributed by atoms with Crippen molar-refractivity contribution in [2.75, 3.05) is 5.32 Å². The first-order valence-electron chi connectivity index (χ1n) is 5.69. The van der Waals surface area contributed by atoms with Crippen molar-refractivity contribution in [3.8, 4) is 0 Å². The highest BCUT2D eigenvalue weighted by Crippen LogP contribution is 2.38. The molecule has 1 amide bonds. The van der Waals surface area contributed by atoms with Crippen molar-refractivity contribution in [3.05, 3.63) is 28.8 Å². The van der Waals surface area contributed by atoms with Crippen molar-refractivity contribution >= 4 is 23.2 Å². The largest absolute Gasteiger partial charge is 0.418 e. The molecule has 0 aliphatic carbocycles. The SMILES string of the molecule is CCC[C@@H](N)C(=O)Nc1c(Cl)cccc1C(F)(F)F. The number of hydrogen-bond donors (Lipinski definition) is 2. The first-order valence-corrected chi connectivity index (χ1v) is 6.07. The van der Waals surface area contributed by atoms with E-state index in [0.717, 1.165) is 6.07 Å². The fourth-order valence-corrected chi connectivity index (χ4v) is 1.77. The lowest BCUT2D eigenvalue weighted by Gasteiger charge is -2.17. The van der Waals surface area contributed by atoms with Crippen LogP contribution in [0.15, 0.2) is 18.2 Å². The number of nitrogens with two attached hydrogens (primary N) is 1. The van der Waals surface area contributed by atoms with Crippen LogP contribution in [0.1, 0.15) is 25.3 Å². The maximum atomic E-state index is 12.8. The summed E-state index contributed by atoms with van der Waals surface area (Å²) in [5.41, 5.74) is 4.11. The third-order valence-corrected chi connectivity index (χ3v) is 2.82. The summed E-state index contributed by atoms with van der Waals surface area (Å²) in [6, 6.07) is 2.44. The summed E-state index contributed by atoms with van der Waals surface area (Å²) in [6.45, 7) is 1.82. The number of alkyl halides is 3. The van der Waals surface area contributed by atoms with Gasteiger partial charge in [0.25, 0.3) is 0 Å². The van der Waals surface area contributed by atoms with Gasteiger partial charge in [-0.25, -0.2) is 0 Å². The number of hydrogen-bond acceptors (Lipinski definition) is 2. The second-order valence-electron chi connectivity index (χ2n) is 4.04. The molecule has 0 radical (unpaired) electrons. The zero-order chi connectivity index (χ0) is 14.6. The Morgan fingerprint density at radius 3 is 2.63 bits per heavy atom. The molecular weight excluding hydrogens is 281 g/mol.